The Labute approximate surface area is 145 Å². The van der Waals surface area contributed by atoms with Crippen LogP contribution < -0.4 is 5.73 Å². The minimum Gasteiger partial charge on any atom is -0.397 e. The van der Waals surface area contributed by atoms with E-state index >= 15 is 0 Å². The lowest BCUT2D eigenvalue weighted by Crippen LogP contribution is -1.91. The molecule has 0 aliphatic heterocycles. The number of fused-ring (bicyclic) bond motifs is 1. The van der Waals surface area contributed by atoms with Crippen LogP contribution in [0.4, 0.5) is 17.1 Å². The van der Waals surface area contributed by atoms with Crippen LogP contribution in [-0.4, -0.2) is 0 Å². The van der Waals surface area contributed by atoms with Crippen molar-refractivity contribution in [1.82, 2.24) is 0 Å². The lowest BCUT2D eigenvalue weighted by molar-refractivity contribution is 1.21. The summed E-state index contributed by atoms with van der Waals surface area (Å²) < 4.78 is 1.64. The molecule has 0 saturated carbocycles. The van der Waals surface area contributed by atoms with Gasteiger partial charge >= 0.3 is 0 Å². The Morgan fingerprint density at radius 3 is 2.41 bits per heavy atom. The predicted molar refractivity (Wildman–Crippen MR) is 99.1 cm³/mol. The molecular formula is C17H13Br2N3. The van der Waals surface area contributed by atoms with Crippen molar-refractivity contribution >= 4 is 59.7 Å². The van der Waals surface area contributed by atoms with Crippen molar-refractivity contribution in [2.24, 2.45) is 10.2 Å². The normalized spacial score (nSPS) is 11.4. The number of nitrogens with two attached hydrogens (primary N) is 1. The predicted octanol–water partition coefficient (Wildman–Crippen LogP) is 6.67. The Bertz CT molecular complexity index is 883. The van der Waals surface area contributed by atoms with E-state index in [4.69, 9.17) is 5.73 Å². The maximum absolute atomic E-state index is 5.97. The summed E-state index contributed by atoms with van der Waals surface area (Å²) in [7, 11) is 0. The van der Waals surface area contributed by atoms with Gasteiger partial charge < -0.3 is 5.73 Å². The van der Waals surface area contributed by atoms with E-state index in [1.807, 2.05) is 43.3 Å². The third-order valence-electron chi connectivity index (χ3n) is 3.50. The molecule has 5 heteroatoms. The molecule has 0 fully saturated rings. The lowest BCUT2D eigenvalue weighted by atomic mass is 10.1. The second kappa shape index (κ2) is 6.18. The van der Waals surface area contributed by atoms with E-state index in [-0.39, 0.29) is 0 Å². The standard InChI is InChI=1S/C17H13Br2N3/c1-10-15(9-13(18)17(20)16(10)19)22-21-14-8-4-6-11-5-2-3-7-12(11)14/h2-9H,20H2,1H3. The number of nitrogens with zero attached hydrogens (tertiary/aromatic N) is 2. The average Bonchev–Trinajstić information content (AvgIpc) is 2.55. The molecule has 3 rings (SSSR count). The quantitative estimate of drug-likeness (QED) is 0.366. The molecule has 110 valence electrons. The van der Waals surface area contributed by atoms with Gasteiger partial charge in [0.15, 0.2) is 0 Å². The van der Waals surface area contributed by atoms with Gasteiger partial charge in [-0.3, -0.25) is 0 Å². The van der Waals surface area contributed by atoms with Crippen LogP contribution in [0.25, 0.3) is 10.8 Å². The van der Waals surface area contributed by atoms with Crippen molar-refractivity contribution in [1.29, 1.82) is 0 Å². The zero-order valence-electron chi connectivity index (χ0n) is 11.8. The third kappa shape index (κ3) is 2.78. The Hall–Kier alpha value is -1.72. The second-order valence-electron chi connectivity index (χ2n) is 4.93. The molecule has 2 N–H and O–H groups in total. The summed E-state index contributed by atoms with van der Waals surface area (Å²) in [4.78, 5) is 0. The van der Waals surface area contributed by atoms with Crippen LogP contribution in [0.3, 0.4) is 0 Å². The summed E-state index contributed by atoms with van der Waals surface area (Å²) in [6.45, 7) is 1.96. The monoisotopic (exact) mass is 417 g/mol. The highest BCUT2D eigenvalue weighted by atomic mass is 79.9. The lowest BCUT2D eigenvalue weighted by Gasteiger charge is -2.08. The van der Waals surface area contributed by atoms with Crippen LogP contribution in [0, 0.1) is 6.92 Å². The van der Waals surface area contributed by atoms with Gasteiger partial charge in [0.2, 0.25) is 0 Å². The number of benzene rings is 3. The van der Waals surface area contributed by atoms with Crippen molar-refractivity contribution in [3.63, 3.8) is 0 Å². The molecule has 3 nitrogen and oxygen atoms in total. The van der Waals surface area contributed by atoms with E-state index in [1.54, 1.807) is 0 Å². The summed E-state index contributed by atoms with van der Waals surface area (Å²) in [5, 5.41) is 11.1. The molecular weight excluding hydrogens is 406 g/mol. The van der Waals surface area contributed by atoms with Crippen molar-refractivity contribution in [2.45, 2.75) is 6.92 Å². The summed E-state index contributed by atoms with van der Waals surface area (Å²) in [6.07, 6.45) is 0. The maximum atomic E-state index is 5.97. The molecule has 0 aromatic heterocycles. The van der Waals surface area contributed by atoms with Gasteiger partial charge in [0, 0.05) is 14.3 Å². The molecule has 0 radical (unpaired) electrons. The average molecular weight is 419 g/mol. The van der Waals surface area contributed by atoms with Gasteiger partial charge in [0.1, 0.15) is 0 Å². The molecule has 0 aliphatic rings. The summed E-state index contributed by atoms with van der Waals surface area (Å²) in [6, 6.07) is 16.0. The van der Waals surface area contributed by atoms with Crippen molar-refractivity contribution in [3.8, 4) is 0 Å². The smallest absolute Gasteiger partial charge is 0.0935 e. The van der Waals surface area contributed by atoms with Gasteiger partial charge in [-0.25, -0.2) is 0 Å². The van der Waals surface area contributed by atoms with Crippen LogP contribution >= 0.6 is 31.9 Å². The van der Waals surface area contributed by atoms with Crippen LogP contribution in [0.2, 0.25) is 0 Å². The van der Waals surface area contributed by atoms with Gasteiger partial charge in [0.25, 0.3) is 0 Å². The highest BCUT2D eigenvalue weighted by Crippen LogP contribution is 2.38. The Morgan fingerprint density at radius 1 is 0.909 bits per heavy atom. The number of halogens is 2. The summed E-state index contributed by atoms with van der Waals surface area (Å²) in [5.41, 5.74) is 9.23. The zero-order chi connectivity index (χ0) is 15.7. The molecule has 0 atom stereocenters. The first-order valence-corrected chi connectivity index (χ1v) is 8.30. The third-order valence-corrected chi connectivity index (χ3v) is 5.18. The molecule has 3 aromatic rings. The fourth-order valence-electron chi connectivity index (χ4n) is 2.23. The van der Waals surface area contributed by atoms with Crippen LogP contribution in [0.15, 0.2) is 67.7 Å². The van der Waals surface area contributed by atoms with Gasteiger partial charge in [-0.05, 0) is 61.9 Å². The Morgan fingerprint density at radius 2 is 1.59 bits per heavy atom. The number of nitrogen functional groups attached to an aromatic ring is 1. The number of anilines is 1. The molecule has 0 unspecified atom stereocenters. The fourth-order valence-corrected chi connectivity index (χ4v) is 3.33. The number of hydrogen-bond acceptors (Lipinski definition) is 3. The SMILES string of the molecule is Cc1c(N=Nc2cccc3ccccc23)cc(Br)c(N)c1Br. The Kier molecular flexibility index (Phi) is 4.27. The number of rotatable bonds is 2. The van der Waals surface area contributed by atoms with E-state index in [0.29, 0.717) is 5.69 Å². The molecule has 0 spiro atoms. The van der Waals surface area contributed by atoms with Gasteiger partial charge in [-0.15, -0.1) is 5.11 Å². The molecule has 0 aliphatic carbocycles. The summed E-state index contributed by atoms with van der Waals surface area (Å²) >= 11 is 6.93. The van der Waals surface area contributed by atoms with Gasteiger partial charge in [-0.1, -0.05) is 36.4 Å². The molecule has 0 heterocycles. The first kappa shape index (κ1) is 15.2. The zero-order valence-corrected chi connectivity index (χ0v) is 15.0. The van der Waals surface area contributed by atoms with Crippen molar-refractivity contribution < 1.29 is 0 Å². The molecule has 0 saturated heterocycles. The minimum absolute atomic E-state index is 0.668. The molecule has 22 heavy (non-hydrogen) atoms. The van der Waals surface area contributed by atoms with Gasteiger partial charge in [0.05, 0.1) is 17.1 Å². The van der Waals surface area contributed by atoms with Crippen molar-refractivity contribution in [3.05, 3.63) is 63.0 Å². The number of azo groups is 1. The first-order valence-electron chi connectivity index (χ1n) is 6.71. The largest absolute Gasteiger partial charge is 0.397 e. The van der Waals surface area contributed by atoms with Gasteiger partial charge in [-0.2, -0.15) is 5.11 Å². The Balaban J connectivity index is 2.08. The van der Waals surface area contributed by atoms with E-state index < -0.39 is 0 Å². The fraction of sp³-hybridized carbons (Fsp3) is 0.0588. The first-order chi connectivity index (χ1) is 10.6. The van der Waals surface area contributed by atoms with Crippen LogP contribution in [0.1, 0.15) is 5.56 Å². The maximum Gasteiger partial charge on any atom is 0.0935 e. The molecule has 3 aromatic carbocycles. The minimum atomic E-state index is 0.668. The topological polar surface area (TPSA) is 50.7 Å². The van der Waals surface area contributed by atoms with E-state index in [9.17, 15) is 0 Å². The van der Waals surface area contributed by atoms with Crippen LogP contribution in [0.5, 0.6) is 0 Å². The molecule has 0 bridgehead atoms. The van der Waals surface area contributed by atoms with E-state index in [0.717, 1.165) is 36.7 Å². The van der Waals surface area contributed by atoms with Crippen molar-refractivity contribution in [2.75, 3.05) is 5.73 Å². The number of hydrogen-bond donors (Lipinski definition) is 1. The van der Waals surface area contributed by atoms with Crippen LogP contribution in [-0.2, 0) is 0 Å². The highest BCUT2D eigenvalue weighted by molar-refractivity contribution is 9.11. The molecule has 0 amide bonds. The highest BCUT2D eigenvalue weighted by Gasteiger charge is 2.09. The second-order valence-corrected chi connectivity index (χ2v) is 6.58. The summed E-state index contributed by atoms with van der Waals surface area (Å²) in [5.74, 6) is 0. The van der Waals surface area contributed by atoms with E-state index in [2.05, 4.69) is 54.2 Å². The van der Waals surface area contributed by atoms with E-state index in [1.165, 1.54) is 0 Å².